The van der Waals surface area contributed by atoms with Gasteiger partial charge in [-0.25, -0.2) is 9.78 Å². The Hall–Kier alpha value is -2.91. The second-order valence-corrected chi connectivity index (χ2v) is 9.03. The van der Waals surface area contributed by atoms with Crippen LogP contribution >= 0.6 is 11.3 Å². The van der Waals surface area contributed by atoms with Gasteiger partial charge < -0.3 is 14.6 Å². The minimum atomic E-state index is -4.36. The summed E-state index contributed by atoms with van der Waals surface area (Å²) in [6.45, 7) is 5.91. The van der Waals surface area contributed by atoms with Crippen molar-refractivity contribution in [2.45, 2.75) is 52.0 Å². The molecule has 1 N–H and O–H groups in total. The number of carbonyl (C=O) groups is 1. The first-order chi connectivity index (χ1) is 16.1. The van der Waals surface area contributed by atoms with Gasteiger partial charge in [-0.2, -0.15) is 13.2 Å². The van der Waals surface area contributed by atoms with Gasteiger partial charge in [0, 0.05) is 36.1 Å². The number of carboxylic acid groups (broad SMARTS) is 1. The summed E-state index contributed by atoms with van der Waals surface area (Å²) in [7, 11) is 0. The Morgan fingerprint density at radius 2 is 1.85 bits per heavy atom. The van der Waals surface area contributed by atoms with E-state index < -0.39 is 23.8 Å². The number of aliphatic carboxylic acids is 1. The largest absolute Gasteiger partial charge is 0.490 e. The van der Waals surface area contributed by atoms with Crippen molar-refractivity contribution in [3.8, 4) is 16.3 Å². The molecular weight excluding hydrogens is 467 g/mol. The lowest BCUT2D eigenvalue weighted by Gasteiger charge is -2.17. The zero-order valence-corrected chi connectivity index (χ0v) is 19.9. The third kappa shape index (κ3) is 6.80. The van der Waals surface area contributed by atoms with Gasteiger partial charge in [0.25, 0.3) is 0 Å². The number of halogens is 3. The average molecular weight is 494 g/mol. The van der Waals surface area contributed by atoms with E-state index in [0.717, 1.165) is 28.1 Å². The summed E-state index contributed by atoms with van der Waals surface area (Å²) in [6, 6.07) is 10.5. The van der Waals surface area contributed by atoms with Crippen LogP contribution in [0.25, 0.3) is 10.6 Å². The van der Waals surface area contributed by atoms with E-state index in [9.17, 15) is 23.1 Å². The molecule has 0 aliphatic rings. The normalized spacial score (nSPS) is 13.5. The predicted octanol–water partition coefficient (Wildman–Crippen LogP) is 6.18. The minimum Gasteiger partial charge on any atom is -0.490 e. The lowest BCUT2D eigenvalue weighted by Crippen LogP contribution is -2.26. The molecule has 1 heterocycles. The lowest BCUT2D eigenvalue weighted by atomic mass is 10.0. The monoisotopic (exact) mass is 493 g/mol. The number of rotatable bonds is 10. The van der Waals surface area contributed by atoms with Crippen LogP contribution in [0.3, 0.4) is 0 Å². The first-order valence-corrected chi connectivity index (χ1v) is 11.6. The number of hydrogen-bond acceptors (Lipinski definition) is 5. The van der Waals surface area contributed by atoms with Gasteiger partial charge in [-0.05, 0) is 56.2 Å². The number of thiazole rings is 1. The van der Waals surface area contributed by atoms with Gasteiger partial charge in [0.05, 0.1) is 5.56 Å². The molecule has 3 aromatic rings. The van der Waals surface area contributed by atoms with E-state index in [0.29, 0.717) is 29.3 Å². The number of carboxylic acids is 1. The second-order valence-electron chi connectivity index (χ2n) is 7.91. The van der Waals surface area contributed by atoms with Crippen LogP contribution in [-0.4, -0.2) is 34.9 Å². The summed E-state index contributed by atoms with van der Waals surface area (Å²) in [6.07, 6.45) is -2.84. The standard InChI is InChI=1S/C25H26F3NO4S/c1-4-32-22(24(30)31)13-18-7-10-20(11-15(18)2)33-16(3)12-21-14-29-23(34-21)17-5-8-19(9-6-17)25(26,27)28/h5-11,14,16,22H,4,12-13H2,1-3H3,(H,30,31). The summed E-state index contributed by atoms with van der Waals surface area (Å²) in [5.74, 6) is -0.320. The molecule has 0 saturated heterocycles. The van der Waals surface area contributed by atoms with Gasteiger partial charge in [0.15, 0.2) is 6.10 Å². The Morgan fingerprint density at radius 1 is 1.15 bits per heavy atom. The van der Waals surface area contributed by atoms with Crippen molar-refractivity contribution in [2.24, 2.45) is 0 Å². The summed E-state index contributed by atoms with van der Waals surface area (Å²) in [5.41, 5.74) is 1.74. The zero-order valence-electron chi connectivity index (χ0n) is 19.1. The molecule has 0 saturated carbocycles. The van der Waals surface area contributed by atoms with Crippen molar-refractivity contribution in [1.29, 1.82) is 0 Å². The highest BCUT2D eigenvalue weighted by Gasteiger charge is 2.30. The number of benzene rings is 2. The maximum absolute atomic E-state index is 12.8. The molecule has 2 atom stereocenters. The van der Waals surface area contributed by atoms with Crippen LogP contribution in [0.2, 0.25) is 0 Å². The molecule has 3 rings (SSSR count). The van der Waals surface area contributed by atoms with Crippen LogP contribution in [0.4, 0.5) is 13.2 Å². The topological polar surface area (TPSA) is 68.7 Å². The van der Waals surface area contributed by atoms with Crippen LogP contribution in [0.1, 0.15) is 35.4 Å². The molecule has 0 aliphatic carbocycles. The molecule has 34 heavy (non-hydrogen) atoms. The Bertz CT molecular complexity index is 1110. The van der Waals surface area contributed by atoms with Crippen LogP contribution in [0, 0.1) is 6.92 Å². The van der Waals surface area contributed by atoms with Crippen molar-refractivity contribution in [1.82, 2.24) is 4.98 Å². The van der Waals surface area contributed by atoms with Gasteiger partial charge in [0.1, 0.15) is 16.9 Å². The average Bonchev–Trinajstić information content (AvgIpc) is 3.22. The quantitative estimate of drug-likeness (QED) is 0.365. The molecule has 0 bridgehead atoms. The number of alkyl halides is 3. The Balaban J connectivity index is 1.61. The Kier molecular flexibility index (Phi) is 8.33. The van der Waals surface area contributed by atoms with Crippen molar-refractivity contribution in [3.63, 3.8) is 0 Å². The molecule has 9 heteroatoms. The molecule has 0 spiro atoms. The van der Waals surface area contributed by atoms with E-state index in [4.69, 9.17) is 9.47 Å². The molecule has 0 aliphatic heterocycles. The molecule has 0 fully saturated rings. The summed E-state index contributed by atoms with van der Waals surface area (Å²) in [5, 5.41) is 9.94. The van der Waals surface area contributed by atoms with Gasteiger partial charge in [-0.3, -0.25) is 0 Å². The maximum Gasteiger partial charge on any atom is 0.416 e. The third-order valence-corrected chi connectivity index (χ3v) is 6.27. The van der Waals surface area contributed by atoms with Gasteiger partial charge >= 0.3 is 12.1 Å². The highest BCUT2D eigenvalue weighted by atomic mass is 32.1. The summed E-state index contributed by atoms with van der Waals surface area (Å²) >= 11 is 1.42. The van der Waals surface area contributed by atoms with E-state index in [-0.39, 0.29) is 12.5 Å². The number of nitrogens with zero attached hydrogens (tertiary/aromatic N) is 1. The number of aromatic nitrogens is 1. The van der Waals surface area contributed by atoms with Crippen LogP contribution in [0.5, 0.6) is 5.75 Å². The van der Waals surface area contributed by atoms with Gasteiger partial charge in [-0.1, -0.05) is 18.2 Å². The van der Waals surface area contributed by atoms with E-state index in [2.05, 4.69) is 4.98 Å². The molecule has 5 nitrogen and oxygen atoms in total. The number of ether oxygens (including phenoxy) is 2. The predicted molar refractivity (Wildman–Crippen MR) is 124 cm³/mol. The van der Waals surface area contributed by atoms with E-state index in [1.165, 1.54) is 23.5 Å². The van der Waals surface area contributed by atoms with E-state index >= 15 is 0 Å². The van der Waals surface area contributed by atoms with Gasteiger partial charge in [-0.15, -0.1) is 11.3 Å². The summed E-state index contributed by atoms with van der Waals surface area (Å²) in [4.78, 5) is 16.6. The molecule has 2 aromatic carbocycles. The first kappa shape index (κ1) is 25.7. The molecule has 0 radical (unpaired) electrons. The molecule has 182 valence electrons. The molecule has 1 aromatic heterocycles. The first-order valence-electron chi connectivity index (χ1n) is 10.8. The van der Waals surface area contributed by atoms with Crippen molar-refractivity contribution >= 4 is 17.3 Å². The van der Waals surface area contributed by atoms with Crippen LogP contribution in [-0.2, 0) is 28.5 Å². The minimum absolute atomic E-state index is 0.165. The second kappa shape index (κ2) is 11.0. The molecule has 2 unspecified atom stereocenters. The maximum atomic E-state index is 12.8. The SMILES string of the molecule is CCOC(Cc1ccc(OC(C)Cc2cnc(-c3ccc(C(F)(F)F)cc3)s2)cc1C)C(=O)O. The Labute approximate surface area is 200 Å². The van der Waals surface area contributed by atoms with Crippen LogP contribution in [0.15, 0.2) is 48.7 Å². The highest BCUT2D eigenvalue weighted by Crippen LogP contribution is 2.32. The number of aryl methyl sites for hydroxylation is 1. The van der Waals surface area contributed by atoms with E-state index in [1.54, 1.807) is 13.1 Å². The van der Waals surface area contributed by atoms with Crippen molar-refractivity contribution in [2.75, 3.05) is 6.61 Å². The fourth-order valence-corrected chi connectivity index (χ4v) is 4.51. The number of hydrogen-bond donors (Lipinski definition) is 1. The fourth-order valence-electron chi connectivity index (χ4n) is 3.48. The van der Waals surface area contributed by atoms with Crippen molar-refractivity contribution < 1.29 is 32.5 Å². The molecular formula is C25H26F3NO4S. The lowest BCUT2D eigenvalue weighted by molar-refractivity contribution is -0.150. The summed E-state index contributed by atoms with van der Waals surface area (Å²) < 4.78 is 49.6. The van der Waals surface area contributed by atoms with Crippen molar-refractivity contribution in [3.05, 3.63) is 70.2 Å². The fraction of sp³-hybridized carbons (Fsp3) is 0.360. The smallest absolute Gasteiger partial charge is 0.416 e. The van der Waals surface area contributed by atoms with Crippen LogP contribution < -0.4 is 4.74 Å². The zero-order chi connectivity index (χ0) is 24.9. The highest BCUT2D eigenvalue weighted by molar-refractivity contribution is 7.15. The van der Waals surface area contributed by atoms with Gasteiger partial charge in [0.2, 0.25) is 0 Å². The Morgan fingerprint density at radius 3 is 2.44 bits per heavy atom. The third-order valence-electron chi connectivity index (χ3n) is 5.20. The molecule has 0 amide bonds. The van der Waals surface area contributed by atoms with E-state index in [1.807, 2.05) is 32.0 Å².